The molecule has 1 aliphatic carbocycles. The van der Waals surface area contributed by atoms with Gasteiger partial charge in [0, 0.05) is 18.1 Å². The molecule has 13 heavy (non-hydrogen) atoms. The number of ether oxygens (including phenoxy) is 1. The van der Waals surface area contributed by atoms with Crippen molar-refractivity contribution in [2.45, 2.75) is 45.2 Å². The molecular formula is C11H21NO. The van der Waals surface area contributed by atoms with Gasteiger partial charge >= 0.3 is 0 Å². The molecular weight excluding hydrogens is 162 g/mol. The van der Waals surface area contributed by atoms with Crippen LogP contribution >= 0.6 is 0 Å². The topological polar surface area (TPSA) is 12.5 Å². The molecule has 76 valence electrons. The Morgan fingerprint density at radius 2 is 2.08 bits per heavy atom. The monoisotopic (exact) mass is 183 g/mol. The highest BCUT2D eigenvalue weighted by atomic mass is 16.5. The molecule has 2 aliphatic rings. The molecule has 0 aromatic heterocycles. The lowest BCUT2D eigenvalue weighted by Gasteiger charge is -2.33. The van der Waals surface area contributed by atoms with Gasteiger partial charge in [-0.15, -0.1) is 0 Å². The van der Waals surface area contributed by atoms with Gasteiger partial charge in [-0.3, -0.25) is 4.90 Å². The van der Waals surface area contributed by atoms with Crippen molar-refractivity contribution in [1.29, 1.82) is 0 Å². The highest BCUT2D eigenvalue weighted by Crippen LogP contribution is 2.44. The quantitative estimate of drug-likeness (QED) is 0.615. The molecule has 0 N–H and O–H groups in total. The predicted octanol–water partition coefficient (Wildman–Crippen LogP) is 1.90. The van der Waals surface area contributed by atoms with Crippen molar-refractivity contribution in [3.05, 3.63) is 0 Å². The largest absolute Gasteiger partial charge is 0.379 e. The fourth-order valence-electron chi connectivity index (χ4n) is 2.45. The third-order valence-corrected chi connectivity index (χ3v) is 3.34. The van der Waals surface area contributed by atoms with Crippen molar-refractivity contribution in [3.8, 4) is 0 Å². The summed E-state index contributed by atoms with van der Waals surface area (Å²) in [5.74, 6) is 0.697. The lowest BCUT2D eigenvalue weighted by molar-refractivity contribution is 0.0717. The van der Waals surface area contributed by atoms with E-state index in [2.05, 4.69) is 25.7 Å². The van der Waals surface area contributed by atoms with E-state index in [1.807, 2.05) is 0 Å². The zero-order chi connectivity index (χ0) is 9.47. The van der Waals surface area contributed by atoms with Crippen LogP contribution in [-0.4, -0.2) is 36.2 Å². The third kappa shape index (κ3) is 1.75. The maximum Gasteiger partial charge on any atom is 0.0650 e. The Hall–Kier alpha value is -0.0800. The minimum Gasteiger partial charge on any atom is -0.379 e. The molecule has 1 heterocycles. The zero-order valence-electron chi connectivity index (χ0n) is 9.05. The number of hydrogen-bond donors (Lipinski definition) is 0. The molecule has 0 bridgehead atoms. The van der Waals surface area contributed by atoms with Crippen molar-refractivity contribution < 1.29 is 4.74 Å². The van der Waals surface area contributed by atoms with Gasteiger partial charge in [0.25, 0.3) is 0 Å². The van der Waals surface area contributed by atoms with E-state index in [0.29, 0.717) is 17.5 Å². The van der Waals surface area contributed by atoms with E-state index in [1.54, 1.807) is 0 Å². The Balaban J connectivity index is 2.09. The first-order valence-electron chi connectivity index (χ1n) is 5.48. The molecule has 2 fully saturated rings. The van der Waals surface area contributed by atoms with Gasteiger partial charge in [0.15, 0.2) is 0 Å². The Bertz CT molecular complexity index is 187. The molecule has 0 radical (unpaired) electrons. The van der Waals surface area contributed by atoms with Crippen LogP contribution < -0.4 is 0 Å². The Kier molecular flexibility index (Phi) is 2.37. The van der Waals surface area contributed by atoms with Gasteiger partial charge in [-0.05, 0) is 32.6 Å². The fraction of sp³-hybridized carbons (Fsp3) is 1.00. The summed E-state index contributed by atoms with van der Waals surface area (Å²) in [4.78, 5) is 2.66. The standard InChI is InChI=1S/C11H21NO/c1-9(2)12-6-10(3)7-13-8-11(12)4-5-11/h9-10H,4-8H2,1-3H3. The van der Waals surface area contributed by atoms with Crippen LogP contribution in [-0.2, 0) is 4.74 Å². The van der Waals surface area contributed by atoms with Gasteiger partial charge in [0.2, 0.25) is 0 Å². The summed E-state index contributed by atoms with van der Waals surface area (Å²) in [7, 11) is 0. The first kappa shape index (κ1) is 9.47. The second kappa shape index (κ2) is 3.25. The normalized spacial score (nSPS) is 33.7. The van der Waals surface area contributed by atoms with Crippen LogP contribution in [0.3, 0.4) is 0 Å². The van der Waals surface area contributed by atoms with E-state index in [0.717, 1.165) is 13.2 Å². The van der Waals surface area contributed by atoms with Gasteiger partial charge in [0.1, 0.15) is 0 Å². The Morgan fingerprint density at radius 3 is 2.62 bits per heavy atom. The molecule has 2 rings (SSSR count). The van der Waals surface area contributed by atoms with Gasteiger partial charge in [-0.2, -0.15) is 0 Å². The minimum atomic E-state index is 0.443. The van der Waals surface area contributed by atoms with Gasteiger partial charge in [-0.1, -0.05) is 6.92 Å². The molecule has 0 amide bonds. The third-order valence-electron chi connectivity index (χ3n) is 3.34. The second-order valence-corrected chi connectivity index (χ2v) is 5.09. The molecule has 2 heteroatoms. The number of hydrogen-bond acceptors (Lipinski definition) is 2. The molecule has 1 unspecified atom stereocenters. The van der Waals surface area contributed by atoms with Crippen LogP contribution in [0.1, 0.15) is 33.6 Å². The van der Waals surface area contributed by atoms with Crippen LogP contribution in [0.25, 0.3) is 0 Å². The molecule has 0 aromatic rings. The summed E-state index contributed by atoms with van der Waals surface area (Å²) in [5.41, 5.74) is 0.443. The van der Waals surface area contributed by atoms with Gasteiger partial charge < -0.3 is 4.74 Å². The van der Waals surface area contributed by atoms with Crippen molar-refractivity contribution in [2.75, 3.05) is 19.8 Å². The highest BCUT2D eigenvalue weighted by molar-refractivity contribution is 5.06. The van der Waals surface area contributed by atoms with Crippen LogP contribution in [0.4, 0.5) is 0 Å². The second-order valence-electron chi connectivity index (χ2n) is 5.09. The lowest BCUT2D eigenvalue weighted by atomic mass is 10.1. The molecule has 1 atom stereocenters. The van der Waals surface area contributed by atoms with Crippen molar-refractivity contribution in [1.82, 2.24) is 4.90 Å². The summed E-state index contributed by atoms with van der Waals surface area (Å²) in [6.45, 7) is 10.0. The first-order chi connectivity index (χ1) is 6.14. The van der Waals surface area contributed by atoms with E-state index in [-0.39, 0.29) is 0 Å². The van der Waals surface area contributed by atoms with Crippen LogP contribution in [0, 0.1) is 5.92 Å². The van der Waals surface area contributed by atoms with Crippen molar-refractivity contribution in [3.63, 3.8) is 0 Å². The zero-order valence-corrected chi connectivity index (χ0v) is 9.05. The Morgan fingerprint density at radius 1 is 1.38 bits per heavy atom. The van der Waals surface area contributed by atoms with Crippen LogP contribution in [0.15, 0.2) is 0 Å². The fourth-order valence-corrected chi connectivity index (χ4v) is 2.45. The summed E-state index contributed by atoms with van der Waals surface area (Å²) >= 11 is 0. The smallest absolute Gasteiger partial charge is 0.0650 e. The molecule has 1 saturated heterocycles. The summed E-state index contributed by atoms with van der Waals surface area (Å²) in [6, 6.07) is 0.673. The first-order valence-corrected chi connectivity index (χ1v) is 5.48. The summed E-state index contributed by atoms with van der Waals surface area (Å²) in [6.07, 6.45) is 2.69. The van der Waals surface area contributed by atoms with E-state index in [4.69, 9.17) is 4.74 Å². The van der Waals surface area contributed by atoms with Crippen molar-refractivity contribution >= 4 is 0 Å². The lowest BCUT2D eigenvalue weighted by Crippen LogP contribution is -2.45. The maximum absolute atomic E-state index is 5.72. The SMILES string of the molecule is CC1COCC2(CC2)N(C(C)C)C1. The molecule has 1 aliphatic heterocycles. The molecule has 0 aromatic carbocycles. The van der Waals surface area contributed by atoms with E-state index in [9.17, 15) is 0 Å². The molecule has 1 saturated carbocycles. The minimum absolute atomic E-state index is 0.443. The van der Waals surface area contributed by atoms with Crippen LogP contribution in [0.5, 0.6) is 0 Å². The molecule has 1 spiro atoms. The highest BCUT2D eigenvalue weighted by Gasteiger charge is 2.50. The summed E-state index contributed by atoms with van der Waals surface area (Å²) < 4.78 is 5.72. The van der Waals surface area contributed by atoms with E-state index >= 15 is 0 Å². The maximum atomic E-state index is 5.72. The van der Waals surface area contributed by atoms with Gasteiger partial charge in [-0.25, -0.2) is 0 Å². The summed E-state index contributed by atoms with van der Waals surface area (Å²) in [5, 5.41) is 0. The van der Waals surface area contributed by atoms with E-state index < -0.39 is 0 Å². The van der Waals surface area contributed by atoms with E-state index in [1.165, 1.54) is 19.4 Å². The molecule has 2 nitrogen and oxygen atoms in total. The Labute approximate surface area is 81.3 Å². The average Bonchev–Trinajstić information content (AvgIpc) is 2.82. The number of nitrogens with zero attached hydrogens (tertiary/aromatic N) is 1. The van der Waals surface area contributed by atoms with Gasteiger partial charge in [0.05, 0.1) is 13.2 Å². The van der Waals surface area contributed by atoms with Crippen LogP contribution in [0.2, 0.25) is 0 Å². The van der Waals surface area contributed by atoms with Crippen molar-refractivity contribution in [2.24, 2.45) is 5.92 Å². The number of rotatable bonds is 1. The average molecular weight is 183 g/mol. The predicted molar refractivity (Wildman–Crippen MR) is 53.8 cm³/mol.